The molecule has 5 heteroatoms. The summed E-state index contributed by atoms with van der Waals surface area (Å²) in [6.45, 7) is 0. The van der Waals surface area contributed by atoms with Gasteiger partial charge in [0.1, 0.15) is 0 Å². The Morgan fingerprint density at radius 3 is 2.91 bits per heavy atom. The number of nitriles is 1. The number of halogens is 1. The molecule has 1 aromatic rings. The van der Waals surface area contributed by atoms with Crippen molar-refractivity contribution in [2.45, 2.75) is 0 Å². The van der Waals surface area contributed by atoms with Crippen LogP contribution in [0.25, 0.3) is 0 Å². The van der Waals surface area contributed by atoms with Crippen LogP contribution in [0.5, 0.6) is 0 Å². The number of carbonyl (C=O) groups is 1. The average molecular weight is 215 g/mol. The van der Waals surface area contributed by atoms with Crippen LogP contribution in [0.2, 0.25) is 0 Å². The van der Waals surface area contributed by atoms with Gasteiger partial charge in [-0.25, -0.2) is 0 Å². The van der Waals surface area contributed by atoms with Gasteiger partial charge in [0.2, 0.25) is 0 Å². The van der Waals surface area contributed by atoms with Crippen molar-refractivity contribution in [1.29, 1.82) is 5.26 Å². The lowest BCUT2D eigenvalue weighted by Crippen LogP contribution is -2.16. The minimum absolute atomic E-state index is 0.110. The molecule has 1 heterocycles. The molecule has 0 saturated heterocycles. The number of hydrogen-bond donors (Lipinski definition) is 1. The van der Waals surface area contributed by atoms with Gasteiger partial charge >= 0.3 is 0 Å². The minimum Gasteiger partial charge on any atom is -0.444 e. The third-order valence-electron chi connectivity index (χ3n) is 0.966. The summed E-state index contributed by atoms with van der Waals surface area (Å²) < 4.78 is 5.31. The quantitative estimate of drug-likeness (QED) is 0.566. The van der Waals surface area contributed by atoms with Gasteiger partial charge in [-0.1, -0.05) is 0 Å². The van der Waals surface area contributed by atoms with Crippen LogP contribution >= 0.6 is 15.9 Å². The van der Waals surface area contributed by atoms with E-state index in [0.717, 1.165) is 0 Å². The maximum Gasteiger partial charge on any atom is 0.300 e. The van der Waals surface area contributed by atoms with Gasteiger partial charge in [0.05, 0.1) is 0 Å². The topological polar surface area (TPSA) is 66.0 Å². The highest BCUT2D eigenvalue weighted by molar-refractivity contribution is 9.10. The first-order valence-corrected chi connectivity index (χ1v) is 3.48. The van der Waals surface area contributed by atoms with Crippen LogP contribution in [-0.2, 0) is 0 Å². The van der Waals surface area contributed by atoms with E-state index in [4.69, 9.17) is 9.68 Å². The number of furan rings is 1. The predicted molar refractivity (Wildman–Crippen MR) is 39.5 cm³/mol. The minimum atomic E-state index is -0.543. The molecule has 0 aliphatic carbocycles. The number of nitrogens with zero attached hydrogens (tertiary/aromatic N) is 1. The largest absolute Gasteiger partial charge is 0.444 e. The van der Waals surface area contributed by atoms with Gasteiger partial charge in [0.15, 0.2) is 16.6 Å². The van der Waals surface area contributed by atoms with E-state index in [-0.39, 0.29) is 5.76 Å². The second-order valence-electron chi connectivity index (χ2n) is 1.67. The predicted octanol–water partition coefficient (Wildman–Crippen LogP) is 1.25. The first-order valence-electron chi connectivity index (χ1n) is 2.69. The molecule has 0 bridgehead atoms. The Balaban J connectivity index is 2.78. The molecule has 0 spiro atoms. The van der Waals surface area contributed by atoms with Crippen LogP contribution in [-0.4, -0.2) is 5.91 Å². The zero-order valence-corrected chi connectivity index (χ0v) is 6.88. The van der Waals surface area contributed by atoms with Crippen molar-refractivity contribution in [3.05, 3.63) is 22.6 Å². The second kappa shape index (κ2) is 3.21. The standard InChI is InChI=1S/C6H3BrN2O2/c7-5-2-1-4(11-5)6(10)9-3-8/h1-2H,(H,9,10). The van der Waals surface area contributed by atoms with E-state index >= 15 is 0 Å². The zero-order valence-electron chi connectivity index (χ0n) is 5.30. The molecule has 56 valence electrons. The summed E-state index contributed by atoms with van der Waals surface area (Å²) in [5, 5.41) is 10.00. The average Bonchev–Trinajstić information content (AvgIpc) is 2.36. The van der Waals surface area contributed by atoms with Crippen LogP contribution in [0, 0.1) is 11.5 Å². The lowest BCUT2D eigenvalue weighted by molar-refractivity contribution is 0.0944. The molecule has 0 aliphatic rings. The first kappa shape index (κ1) is 7.82. The molecule has 1 amide bonds. The van der Waals surface area contributed by atoms with Crippen molar-refractivity contribution in [1.82, 2.24) is 5.32 Å². The Labute approximate surface area is 70.9 Å². The van der Waals surface area contributed by atoms with Crippen LogP contribution in [0.1, 0.15) is 10.6 Å². The maximum atomic E-state index is 10.8. The zero-order chi connectivity index (χ0) is 8.27. The lowest BCUT2D eigenvalue weighted by Gasteiger charge is -1.88. The van der Waals surface area contributed by atoms with E-state index in [1.807, 2.05) is 5.32 Å². The highest BCUT2D eigenvalue weighted by atomic mass is 79.9. The molecule has 11 heavy (non-hydrogen) atoms. The molecule has 0 saturated carbocycles. The fraction of sp³-hybridized carbons (Fsp3) is 0. The monoisotopic (exact) mass is 214 g/mol. The molecular formula is C6H3BrN2O2. The third-order valence-corrected chi connectivity index (χ3v) is 1.39. The van der Waals surface area contributed by atoms with Gasteiger partial charge in [-0.15, -0.1) is 0 Å². The van der Waals surface area contributed by atoms with Gasteiger partial charge in [0.25, 0.3) is 5.91 Å². The molecule has 0 aromatic carbocycles. The Morgan fingerprint density at radius 1 is 1.73 bits per heavy atom. The smallest absolute Gasteiger partial charge is 0.300 e. The van der Waals surface area contributed by atoms with Gasteiger partial charge in [-0.05, 0) is 28.1 Å². The van der Waals surface area contributed by atoms with Crippen molar-refractivity contribution < 1.29 is 9.21 Å². The SMILES string of the molecule is N#CNC(=O)c1ccc(Br)o1. The number of nitrogens with one attached hydrogen (secondary N) is 1. The van der Waals surface area contributed by atoms with Gasteiger partial charge in [-0.2, -0.15) is 5.26 Å². The number of hydrogen-bond acceptors (Lipinski definition) is 3. The van der Waals surface area contributed by atoms with Crippen molar-refractivity contribution in [2.75, 3.05) is 0 Å². The molecule has 0 aliphatic heterocycles. The lowest BCUT2D eigenvalue weighted by atomic mass is 10.4. The van der Waals surface area contributed by atoms with Crippen molar-refractivity contribution in [3.8, 4) is 6.19 Å². The van der Waals surface area contributed by atoms with E-state index < -0.39 is 5.91 Å². The van der Waals surface area contributed by atoms with Crippen molar-refractivity contribution in [3.63, 3.8) is 0 Å². The molecule has 0 radical (unpaired) electrons. The molecule has 1 aromatic heterocycles. The summed E-state index contributed by atoms with van der Waals surface area (Å²) in [4.78, 5) is 10.8. The number of amides is 1. The molecular weight excluding hydrogens is 212 g/mol. The van der Waals surface area contributed by atoms with Gasteiger partial charge < -0.3 is 4.42 Å². The van der Waals surface area contributed by atoms with Crippen molar-refractivity contribution in [2.24, 2.45) is 0 Å². The molecule has 0 atom stereocenters. The van der Waals surface area contributed by atoms with E-state index in [9.17, 15) is 4.79 Å². The normalized spacial score (nSPS) is 8.73. The summed E-state index contributed by atoms with van der Waals surface area (Å²) in [5.74, 6) is -0.434. The van der Waals surface area contributed by atoms with E-state index in [2.05, 4.69) is 15.9 Å². The van der Waals surface area contributed by atoms with Crippen LogP contribution in [0.3, 0.4) is 0 Å². The third kappa shape index (κ3) is 1.82. The molecule has 1 N–H and O–H groups in total. The summed E-state index contributed by atoms with van der Waals surface area (Å²) in [7, 11) is 0. The highest BCUT2D eigenvalue weighted by Crippen LogP contribution is 2.13. The highest BCUT2D eigenvalue weighted by Gasteiger charge is 2.08. The van der Waals surface area contributed by atoms with Crippen LogP contribution in [0.4, 0.5) is 0 Å². The Bertz CT molecular complexity index is 313. The van der Waals surface area contributed by atoms with Gasteiger partial charge in [-0.3, -0.25) is 10.1 Å². The molecule has 0 unspecified atom stereocenters. The summed E-state index contributed by atoms with van der Waals surface area (Å²) in [5.41, 5.74) is 0. The second-order valence-corrected chi connectivity index (χ2v) is 2.45. The Morgan fingerprint density at radius 2 is 2.45 bits per heavy atom. The summed E-state index contributed by atoms with van der Waals surface area (Å²) in [6.07, 6.45) is 1.50. The maximum absolute atomic E-state index is 10.8. The van der Waals surface area contributed by atoms with Gasteiger partial charge in [0, 0.05) is 0 Å². The molecule has 4 nitrogen and oxygen atoms in total. The van der Waals surface area contributed by atoms with E-state index in [0.29, 0.717) is 4.67 Å². The Kier molecular flexibility index (Phi) is 2.28. The van der Waals surface area contributed by atoms with Crippen LogP contribution in [0.15, 0.2) is 21.2 Å². The fourth-order valence-corrected chi connectivity index (χ4v) is 0.855. The Hall–Kier alpha value is -1.28. The number of rotatable bonds is 1. The van der Waals surface area contributed by atoms with E-state index in [1.165, 1.54) is 12.3 Å². The number of carbonyl (C=O) groups excluding carboxylic acids is 1. The van der Waals surface area contributed by atoms with Crippen LogP contribution < -0.4 is 5.32 Å². The first-order chi connectivity index (χ1) is 5.24. The van der Waals surface area contributed by atoms with E-state index in [1.54, 1.807) is 6.07 Å². The molecule has 0 fully saturated rings. The van der Waals surface area contributed by atoms with Crippen molar-refractivity contribution >= 4 is 21.8 Å². The fourth-order valence-electron chi connectivity index (χ4n) is 0.549. The summed E-state index contributed by atoms with van der Waals surface area (Å²) >= 11 is 3.02. The summed E-state index contributed by atoms with van der Waals surface area (Å²) in [6, 6.07) is 3.04. The molecule has 1 rings (SSSR count).